The van der Waals surface area contributed by atoms with Crippen LogP contribution in [-0.4, -0.2) is 24.6 Å². The Morgan fingerprint density at radius 1 is 1.60 bits per heavy atom. The van der Waals surface area contributed by atoms with E-state index in [0.29, 0.717) is 0 Å². The summed E-state index contributed by atoms with van der Waals surface area (Å²) in [5.41, 5.74) is 0. The van der Waals surface area contributed by atoms with Crippen molar-refractivity contribution >= 4 is 11.8 Å². The lowest BCUT2D eigenvalue weighted by Gasteiger charge is -2.26. The van der Waals surface area contributed by atoms with Crippen LogP contribution in [0, 0.1) is 17.8 Å². The molecule has 0 aromatic rings. The predicted molar refractivity (Wildman–Crippen MR) is 47.1 cm³/mol. The van der Waals surface area contributed by atoms with Gasteiger partial charge in [0, 0.05) is 0 Å². The zero-order chi connectivity index (χ0) is 7.23. The van der Waals surface area contributed by atoms with E-state index < -0.39 is 0 Å². The van der Waals surface area contributed by atoms with Gasteiger partial charge in [0.25, 0.3) is 0 Å². The van der Waals surface area contributed by atoms with Gasteiger partial charge in [0.15, 0.2) is 0 Å². The first kappa shape index (κ1) is 7.97. The quantitative estimate of drug-likeness (QED) is 0.481. The summed E-state index contributed by atoms with van der Waals surface area (Å²) in [6.45, 7) is 4.32. The highest BCUT2D eigenvalue weighted by atomic mass is 32.2. The first-order valence-corrected chi connectivity index (χ1v) is 4.77. The molecule has 0 aliphatic carbocycles. The van der Waals surface area contributed by atoms with E-state index in [0.717, 1.165) is 11.7 Å². The minimum Gasteiger partial charge on any atom is -0.316 e. The van der Waals surface area contributed by atoms with Gasteiger partial charge in [-0.05, 0) is 31.7 Å². The van der Waals surface area contributed by atoms with Crippen molar-refractivity contribution < 1.29 is 0 Å². The SMILES string of the molecule is CC#CCSCC1CNC1. The third kappa shape index (κ3) is 2.64. The molecule has 1 heterocycles. The van der Waals surface area contributed by atoms with Crippen molar-refractivity contribution in [2.45, 2.75) is 6.92 Å². The van der Waals surface area contributed by atoms with Gasteiger partial charge in [-0.15, -0.1) is 17.7 Å². The number of hydrogen-bond donors (Lipinski definition) is 1. The zero-order valence-electron chi connectivity index (χ0n) is 6.31. The van der Waals surface area contributed by atoms with Gasteiger partial charge in [0.2, 0.25) is 0 Å². The maximum absolute atomic E-state index is 3.25. The molecule has 0 amide bonds. The van der Waals surface area contributed by atoms with Crippen LogP contribution in [0.1, 0.15) is 6.92 Å². The van der Waals surface area contributed by atoms with Crippen molar-refractivity contribution in [2.24, 2.45) is 5.92 Å². The molecular formula is C8H13NS. The average Bonchev–Trinajstić information content (AvgIpc) is 1.84. The molecule has 1 aliphatic rings. The molecule has 1 rings (SSSR count). The van der Waals surface area contributed by atoms with Gasteiger partial charge < -0.3 is 5.32 Å². The molecule has 2 heteroatoms. The van der Waals surface area contributed by atoms with Gasteiger partial charge >= 0.3 is 0 Å². The standard InChI is InChI=1S/C8H13NS/c1-2-3-4-10-7-8-5-9-6-8/h8-9H,4-7H2,1H3. The number of thioether (sulfide) groups is 1. The summed E-state index contributed by atoms with van der Waals surface area (Å²) in [4.78, 5) is 0. The molecule has 0 unspecified atom stereocenters. The van der Waals surface area contributed by atoms with Crippen molar-refractivity contribution in [1.29, 1.82) is 0 Å². The number of rotatable bonds is 3. The van der Waals surface area contributed by atoms with Gasteiger partial charge in [-0.3, -0.25) is 0 Å². The summed E-state index contributed by atoms with van der Waals surface area (Å²) in [6.07, 6.45) is 0. The number of nitrogens with one attached hydrogen (secondary N) is 1. The Kier molecular flexibility index (Phi) is 3.71. The average molecular weight is 155 g/mol. The summed E-state index contributed by atoms with van der Waals surface area (Å²) in [5, 5.41) is 3.25. The van der Waals surface area contributed by atoms with Crippen LogP contribution in [0.25, 0.3) is 0 Å². The summed E-state index contributed by atoms with van der Waals surface area (Å²) in [5.74, 6) is 9.14. The molecule has 0 bridgehead atoms. The van der Waals surface area contributed by atoms with E-state index in [1.165, 1.54) is 18.8 Å². The lowest BCUT2D eigenvalue weighted by molar-refractivity contribution is 0.385. The van der Waals surface area contributed by atoms with Crippen LogP contribution >= 0.6 is 11.8 Å². The van der Waals surface area contributed by atoms with E-state index in [-0.39, 0.29) is 0 Å². The summed E-state index contributed by atoms with van der Waals surface area (Å²) in [7, 11) is 0. The molecule has 1 nitrogen and oxygen atoms in total. The van der Waals surface area contributed by atoms with Crippen LogP contribution < -0.4 is 5.32 Å². The fourth-order valence-corrected chi connectivity index (χ4v) is 1.75. The van der Waals surface area contributed by atoms with E-state index in [1.807, 2.05) is 18.7 Å². The summed E-state index contributed by atoms with van der Waals surface area (Å²) in [6, 6.07) is 0. The topological polar surface area (TPSA) is 12.0 Å². The molecule has 10 heavy (non-hydrogen) atoms. The molecule has 1 aliphatic heterocycles. The van der Waals surface area contributed by atoms with Crippen LogP contribution in [0.4, 0.5) is 0 Å². The second-order valence-corrected chi connectivity index (χ2v) is 3.50. The third-order valence-electron chi connectivity index (χ3n) is 1.57. The van der Waals surface area contributed by atoms with Crippen molar-refractivity contribution in [3.8, 4) is 11.8 Å². The molecule has 56 valence electrons. The second-order valence-electron chi connectivity index (χ2n) is 2.47. The fourth-order valence-electron chi connectivity index (χ4n) is 0.815. The predicted octanol–water partition coefficient (Wildman–Crippen LogP) is 0.962. The van der Waals surface area contributed by atoms with E-state index in [1.54, 1.807) is 0 Å². The molecule has 0 saturated carbocycles. The molecular weight excluding hydrogens is 142 g/mol. The third-order valence-corrected chi connectivity index (χ3v) is 2.63. The van der Waals surface area contributed by atoms with Crippen molar-refractivity contribution in [3.05, 3.63) is 0 Å². The van der Waals surface area contributed by atoms with Crippen LogP contribution in [0.3, 0.4) is 0 Å². The van der Waals surface area contributed by atoms with Crippen LogP contribution in [0.2, 0.25) is 0 Å². The summed E-state index contributed by atoms with van der Waals surface area (Å²) >= 11 is 1.95. The highest BCUT2D eigenvalue weighted by molar-refractivity contribution is 7.99. The largest absolute Gasteiger partial charge is 0.316 e. The fraction of sp³-hybridized carbons (Fsp3) is 0.750. The molecule has 0 radical (unpaired) electrons. The smallest absolute Gasteiger partial charge is 0.0547 e. The van der Waals surface area contributed by atoms with Gasteiger partial charge in [0.1, 0.15) is 0 Å². The minimum absolute atomic E-state index is 0.920. The van der Waals surface area contributed by atoms with Crippen molar-refractivity contribution in [1.82, 2.24) is 5.32 Å². The molecule has 0 spiro atoms. The van der Waals surface area contributed by atoms with Gasteiger partial charge in [-0.1, -0.05) is 5.92 Å². The van der Waals surface area contributed by atoms with Gasteiger partial charge in [-0.2, -0.15) is 0 Å². The van der Waals surface area contributed by atoms with E-state index >= 15 is 0 Å². The molecule has 1 N–H and O–H groups in total. The van der Waals surface area contributed by atoms with Gasteiger partial charge in [-0.25, -0.2) is 0 Å². The Hall–Kier alpha value is -0.130. The van der Waals surface area contributed by atoms with Crippen LogP contribution in [0.5, 0.6) is 0 Å². The Morgan fingerprint density at radius 2 is 2.40 bits per heavy atom. The lowest BCUT2D eigenvalue weighted by atomic mass is 10.1. The molecule has 0 aromatic carbocycles. The van der Waals surface area contributed by atoms with E-state index in [9.17, 15) is 0 Å². The minimum atomic E-state index is 0.920. The normalized spacial score (nSPS) is 17.3. The van der Waals surface area contributed by atoms with E-state index in [4.69, 9.17) is 0 Å². The zero-order valence-corrected chi connectivity index (χ0v) is 7.13. The highest BCUT2D eigenvalue weighted by Crippen LogP contribution is 2.11. The van der Waals surface area contributed by atoms with Crippen LogP contribution in [-0.2, 0) is 0 Å². The van der Waals surface area contributed by atoms with Crippen LogP contribution in [0.15, 0.2) is 0 Å². The maximum atomic E-state index is 3.25. The lowest BCUT2D eigenvalue weighted by Crippen LogP contribution is -2.43. The highest BCUT2D eigenvalue weighted by Gasteiger charge is 2.15. The van der Waals surface area contributed by atoms with E-state index in [2.05, 4.69) is 17.2 Å². The Balaban J connectivity index is 1.88. The maximum Gasteiger partial charge on any atom is 0.0547 e. The molecule has 1 saturated heterocycles. The Bertz CT molecular complexity index is 141. The summed E-state index contributed by atoms with van der Waals surface area (Å²) < 4.78 is 0. The van der Waals surface area contributed by atoms with Crippen molar-refractivity contribution in [3.63, 3.8) is 0 Å². The molecule has 0 aromatic heterocycles. The molecule has 0 atom stereocenters. The first-order valence-electron chi connectivity index (χ1n) is 3.61. The Labute approximate surface area is 67.0 Å². The monoisotopic (exact) mass is 155 g/mol. The Morgan fingerprint density at radius 3 is 2.90 bits per heavy atom. The number of hydrogen-bond acceptors (Lipinski definition) is 2. The molecule has 1 fully saturated rings. The van der Waals surface area contributed by atoms with Crippen molar-refractivity contribution in [2.75, 3.05) is 24.6 Å². The first-order chi connectivity index (χ1) is 4.93. The second kappa shape index (κ2) is 4.65. The van der Waals surface area contributed by atoms with Gasteiger partial charge in [0.05, 0.1) is 5.75 Å².